The number of hydrogen-bond donors (Lipinski definition) is 1. The van der Waals surface area contributed by atoms with Crippen LogP contribution in [0.25, 0.3) is 0 Å². The molecule has 0 aliphatic heterocycles. The first-order valence-corrected chi connectivity index (χ1v) is 7.32. The Morgan fingerprint density at radius 3 is 2.88 bits per heavy atom. The normalized spacial score (nSPS) is 12.6. The van der Waals surface area contributed by atoms with Crippen molar-refractivity contribution in [1.82, 2.24) is 5.32 Å². The Bertz CT molecular complexity index is 338. The first kappa shape index (κ1) is 13.4. The molecule has 0 aromatic heterocycles. The van der Waals surface area contributed by atoms with E-state index < -0.39 is 10.8 Å². The van der Waals surface area contributed by atoms with E-state index in [1.807, 2.05) is 6.07 Å². The largest absolute Gasteiger partial charge is 0.317 e. The smallest absolute Gasteiger partial charge is 0.0485 e. The molecular weight excluding hydrogens is 218 g/mol. The van der Waals surface area contributed by atoms with Gasteiger partial charge in [0.15, 0.2) is 0 Å². The monoisotopic (exact) mass is 239 g/mol. The van der Waals surface area contributed by atoms with E-state index in [2.05, 4.69) is 37.4 Å². The molecule has 1 unspecified atom stereocenters. The van der Waals surface area contributed by atoms with Gasteiger partial charge in [0, 0.05) is 22.3 Å². The Kier molecular flexibility index (Phi) is 6.34. The van der Waals surface area contributed by atoms with Crippen molar-refractivity contribution in [1.29, 1.82) is 0 Å². The van der Waals surface area contributed by atoms with E-state index in [0.717, 1.165) is 25.3 Å². The van der Waals surface area contributed by atoms with Gasteiger partial charge < -0.3 is 5.32 Å². The highest BCUT2D eigenvalue weighted by Crippen LogP contribution is 2.07. The molecule has 0 radical (unpaired) electrons. The summed E-state index contributed by atoms with van der Waals surface area (Å²) in [5.41, 5.74) is 2.42. The Morgan fingerprint density at radius 2 is 2.19 bits per heavy atom. The molecule has 0 saturated carbocycles. The van der Waals surface area contributed by atoms with Gasteiger partial charge in [-0.15, -0.1) is 0 Å². The molecule has 0 aliphatic carbocycles. The summed E-state index contributed by atoms with van der Waals surface area (Å²) in [6.45, 7) is 6.11. The van der Waals surface area contributed by atoms with Gasteiger partial charge in [0.05, 0.1) is 0 Å². The fraction of sp³-hybridized carbons (Fsp3) is 0.538. The van der Waals surface area contributed by atoms with Crippen LogP contribution >= 0.6 is 0 Å². The van der Waals surface area contributed by atoms with E-state index in [0.29, 0.717) is 5.75 Å². The molecule has 0 fully saturated rings. The predicted molar refractivity (Wildman–Crippen MR) is 71.1 cm³/mol. The molecular formula is C13H21NOS. The van der Waals surface area contributed by atoms with Crippen LogP contribution in [-0.4, -0.2) is 23.1 Å². The maximum atomic E-state index is 11.8. The topological polar surface area (TPSA) is 29.1 Å². The van der Waals surface area contributed by atoms with Crippen molar-refractivity contribution in [2.45, 2.75) is 26.0 Å². The third-order valence-corrected chi connectivity index (χ3v) is 3.79. The van der Waals surface area contributed by atoms with Crippen LogP contribution in [0.3, 0.4) is 0 Å². The Morgan fingerprint density at radius 1 is 1.38 bits per heavy atom. The average molecular weight is 239 g/mol. The fourth-order valence-electron chi connectivity index (χ4n) is 1.59. The van der Waals surface area contributed by atoms with E-state index in [4.69, 9.17) is 0 Å². The zero-order valence-corrected chi connectivity index (χ0v) is 11.0. The second kappa shape index (κ2) is 7.58. The van der Waals surface area contributed by atoms with Gasteiger partial charge in [-0.3, -0.25) is 4.21 Å². The summed E-state index contributed by atoms with van der Waals surface area (Å²) < 4.78 is 11.8. The molecule has 0 spiro atoms. The standard InChI is InChI=1S/C13H21NOS/c1-3-14-8-5-9-16(15)11-13-7-4-6-12(2)10-13/h4,6-7,10,14H,3,5,8-9,11H2,1-2H3. The third-order valence-electron chi connectivity index (χ3n) is 2.39. The second-order valence-corrected chi connectivity index (χ2v) is 5.56. The van der Waals surface area contributed by atoms with Crippen molar-refractivity contribution in [2.75, 3.05) is 18.8 Å². The van der Waals surface area contributed by atoms with Crippen molar-refractivity contribution in [3.63, 3.8) is 0 Å². The summed E-state index contributed by atoms with van der Waals surface area (Å²) in [5, 5.41) is 3.24. The van der Waals surface area contributed by atoms with Gasteiger partial charge in [-0.2, -0.15) is 0 Å². The van der Waals surface area contributed by atoms with Crippen LogP contribution in [0.2, 0.25) is 0 Å². The molecule has 0 bridgehead atoms. The summed E-state index contributed by atoms with van der Waals surface area (Å²) in [6.07, 6.45) is 0.992. The second-order valence-electron chi connectivity index (χ2n) is 3.98. The van der Waals surface area contributed by atoms with Gasteiger partial charge in [-0.05, 0) is 32.0 Å². The lowest BCUT2D eigenvalue weighted by atomic mass is 10.2. The zero-order chi connectivity index (χ0) is 11.8. The summed E-state index contributed by atoms with van der Waals surface area (Å²) >= 11 is 0. The van der Waals surface area contributed by atoms with Crippen LogP contribution in [0.1, 0.15) is 24.5 Å². The van der Waals surface area contributed by atoms with Crippen LogP contribution in [0, 0.1) is 6.92 Å². The minimum atomic E-state index is -0.723. The molecule has 1 rings (SSSR count). The summed E-state index contributed by atoms with van der Waals surface area (Å²) in [7, 11) is -0.723. The summed E-state index contributed by atoms with van der Waals surface area (Å²) in [6, 6.07) is 8.26. The molecule has 2 nitrogen and oxygen atoms in total. The first-order valence-electron chi connectivity index (χ1n) is 5.83. The lowest BCUT2D eigenvalue weighted by Gasteiger charge is -2.04. The van der Waals surface area contributed by atoms with Crippen molar-refractivity contribution in [3.05, 3.63) is 35.4 Å². The summed E-state index contributed by atoms with van der Waals surface area (Å²) in [4.78, 5) is 0. The van der Waals surface area contributed by atoms with Crippen LogP contribution in [0.5, 0.6) is 0 Å². The molecule has 16 heavy (non-hydrogen) atoms. The van der Waals surface area contributed by atoms with Gasteiger partial charge in [0.25, 0.3) is 0 Å². The lowest BCUT2D eigenvalue weighted by molar-refractivity contribution is 0.669. The van der Waals surface area contributed by atoms with Crippen LogP contribution in [-0.2, 0) is 16.6 Å². The van der Waals surface area contributed by atoms with Gasteiger partial charge >= 0.3 is 0 Å². The Balaban J connectivity index is 2.29. The first-order chi connectivity index (χ1) is 7.72. The van der Waals surface area contributed by atoms with Crippen LogP contribution < -0.4 is 5.32 Å². The number of aryl methyl sites for hydroxylation is 1. The maximum absolute atomic E-state index is 11.8. The van der Waals surface area contributed by atoms with Crippen molar-refractivity contribution in [3.8, 4) is 0 Å². The van der Waals surface area contributed by atoms with Crippen LogP contribution in [0.15, 0.2) is 24.3 Å². The lowest BCUT2D eigenvalue weighted by Crippen LogP contribution is -2.16. The molecule has 0 amide bonds. The highest BCUT2D eigenvalue weighted by atomic mass is 32.2. The Labute approximate surface area is 101 Å². The van der Waals surface area contributed by atoms with Crippen molar-refractivity contribution < 1.29 is 4.21 Å². The van der Waals surface area contributed by atoms with Crippen LogP contribution in [0.4, 0.5) is 0 Å². The maximum Gasteiger partial charge on any atom is 0.0485 e. The number of hydrogen-bond acceptors (Lipinski definition) is 2. The number of rotatable bonds is 7. The summed E-state index contributed by atoms with van der Waals surface area (Å²) in [5.74, 6) is 1.48. The third kappa shape index (κ3) is 5.42. The molecule has 0 saturated heterocycles. The fourth-order valence-corrected chi connectivity index (χ4v) is 2.76. The Hall–Kier alpha value is -0.670. The van der Waals surface area contributed by atoms with E-state index in [1.165, 1.54) is 11.1 Å². The van der Waals surface area contributed by atoms with Gasteiger partial charge in [0.2, 0.25) is 0 Å². The van der Waals surface area contributed by atoms with E-state index >= 15 is 0 Å². The van der Waals surface area contributed by atoms with E-state index in [1.54, 1.807) is 0 Å². The highest BCUT2D eigenvalue weighted by molar-refractivity contribution is 7.84. The molecule has 90 valence electrons. The van der Waals surface area contributed by atoms with Gasteiger partial charge in [0.1, 0.15) is 0 Å². The van der Waals surface area contributed by atoms with Gasteiger partial charge in [-0.25, -0.2) is 0 Å². The van der Waals surface area contributed by atoms with Crippen molar-refractivity contribution in [2.24, 2.45) is 0 Å². The zero-order valence-electron chi connectivity index (χ0n) is 10.2. The minimum Gasteiger partial charge on any atom is -0.317 e. The van der Waals surface area contributed by atoms with Gasteiger partial charge in [-0.1, -0.05) is 36.8 Å². The molecule has 1 atom stereocenters. The average Bonchev–Trinajstić information content (AvgIpc) is 2.24. The quantitative estimate of drug-likeness (QED) is 0.739. The predicted octanol–water partition coefficient (Wildman–Crippen LogP) is 2.24. The molecule has 0 aliphatic rings. The molecule has 0 heterocycles. The molecule has 1 aromatic rings. The highest BCUT2D eigenvalue weighted by Gasteiger charge is 2.01. The van der Waals surface area contributed by atoms with E-state index in [9.17, 15) is 4.21 Å². The number of nitrogens with one attached hydrogen (secondary N) is 1. The molecule has 3 heteroatoms. The number of benzene rings is 1. The molecule has 1 N–H and O–H groups in total. The SMILES string of the molecule is CCNCCCS(=O)Cc1cccc(C)c1. The molecule has 1 aromatic carbocycles. The van der Waals surface area contributed by atoms with Crippen molar-refractivity contribution >= 4 is 10.8 Å². The van der Waals surface area contributed by atoms with E-state index in [-0.39, 0.29) is 0 Å². The minimum absolute atomic E-state index is 0.688.